The van der Waals surface area contributed by atoms with Crippen LogP contribution in [0.3, 0.4) is 0 Å². The van der Waals surface area contributed by atoms with E-state index >= 15 is 0 Å². The molecule has 1 N–H and O–H groups in total. The predicted octanol–water partition coefficient (Wildman–Crippen LogP) is 3.99. The molecule has 0 saturated heterocycles. The third kappa shape index (κ3) is 6.07. The number of halogens is 1. The van der Waals surface area contributed by atoms with Gasteiger partial charge in [-0.15, -0.1) is 0 Å². The minimum Gasteiger partial charge on any atom is -0.354 e. The Morgan fingerprint density at radius 3 is 2.42 bits per heavy atom. The van der Waals surface area contributed by atoms with Crippen molar-refractivity contribution in [3.05, 3.63) is 64.7 Å². The zero-order valence-electron chi connectivity index (χ0n) is 20.6. The average Bonchev–Trinajstić information content (AvgIpc) is 3.05. The highest BCUT2D eigenvalue weighted by Gasteiger charge is 2.40. The zero-order chi connectivity index (χ0) is 26.3. The molecule has 3 rings (SSSR count). The number of nitrogens with one attached hydrogen (secondary N) is 1. The van der Waals surface area contributed by atoms with E-state index < -0.39 is 22.0 Å². The number of unbranched alkanes of at least 4 members (excludes halogenated alkanes) is 1. The molecular formula is C26H32ClN3O5S. The van der Waals surface area contributed by atoms with Gasteiger partial charge in [0.1, 0.15) is 10.9 Å². The number of nitrogens with zero attached hydrogens (tertiary/aromatic N) is 2. The maximum Gasteiger partial charge on any atom is 0.269 e. The first-order chi connectivity index (χ1) is 17.2. The molecule has 1 heterocycles. The molecule has 0 aliphatic carbocycles. The molecule has 1 atom stereocenters. The Labute approximate surface area is 217 Å². The van der Waals surface area contributed by atoms with E-state index in [-0.39, 0.29) is 48.2 Å². The summed E-state index contributed by atoms with van der Waals surface area (Å²) >= 11 is 6.34. The van der Waals surface area contributed by atoms with Crippen molar-refractivity contribution in [3.8, 4) is 0 Å². The standard InChI is InChI=1S/C26H32ClN3O5S/c1-3-5-16-28-25(32)22(4-2)29(18-19-11-6-8-13-21(19)27)24(31)15-10-17-30-26(33)20-12-7-9-14-23(20)36(30,34)35/h6-9,11-14,22H,3-5,10,15-18H2,1-2H3,(H,28,32)/t22-/m0/s1. The number of rotatable bonds is 12. The average molecular weight is 534 g/mol. The summed E-state index contributed by atoms with van der Waals surface area (Å²) in [6.07, 6.45) is 2.27. The molecule has 0 unspecified atom stereocenters. The van der Waals surface area contributed by atoms with Crippen molar-refractivity contribution >= 4 is 39.3 Å². The largest absolute Gasteiger partial charge is 0.354 e. The molecule has 2 aromatic rings. The summed E-state index contributed by atoms with van der Waals surface area (Å²) in [6.45, 7) is 4.41. The van der Waals surface area contributed by atoms with Crippen LogP contribution in [0.25, 0.3) is 0 Å². The molecule has 0 aromatic heterocycles. The second-order valence-electron chi connectivity index (χ2n) is 8.66. The number of sulfonamides is 1. The van der Waals surface area contributed by atoms with Gasteiger partial charge < -0.3 is 10.2 Å². The van der Waals surface area contributed by atoms with Gasteiger partial charge in [0.05, 0.1) is 5.56 Å². The first kappa shape index (κ1) is 27.7. The Kier molecular flexibility index (Phi) is 9.50. The van der Waals surface area contributed by atoms with Gasteiger partial charge in [0.25, 0.3) is 15.9 Å². The molecule has 10 heteroatoms. The lowest BCUT2D eigenvalue weighted by Gasteiger charge is -2.31. The molecule has 0 fully saturated rings. The lowest BCUT2D eigenvalue weighted by molar-refractivity contribution is -0.141. The molecule has 1 aliphatic heterocycles. The summed E-state index contributed by atoms with van der Waals surface area (Å²) in [5.74, 6) is -1.14. The molecule has 3 amide bonds. The van der Waals surface area contributed by atoms with Crippen molar-refractivity contribution in [2.45, 2.75) is 63.4 Å². The van der Waals surface area contributed by atoms with Crippen molar-refractivity contribution in [2.75, 3.05) is 13.1 Å². The monoisotopic (exact) mass is 533 g/mol. The highest BCUT2D eigenvalue weighted by molar-refractivity contribution is 7.90. The van der Waals surface area contributed by atoms with Gasteiger partial charge in [-0.25, -0.2) is 12.7 Å². The number of benzene rings is 2. The quantitative estimate of drug-likeness (QED) is 0.415. The summed E-state index contributed by atoms with van der Waals surface area (Å²) < 4.78 is 26.4. The molecule has 0 bridgehead atoms. The molecule has 0 saturated carbocycles. The first-order valence-electron chi connectivity index (χ1n) is 12.2. The molecule has 8 nitrogen and oxygen atoms in total. The highest BCUT2D eigenvalue weighted by atomic mass is 35.5. The number of carbonyl (C=O) groups excluding carboxylic acids is 3. The third-order valence-corrected chi connectivity index (χ3v) is 8.39. The number of carbonyl (C=O) groups is 3. The van der Waals surface area contributed by atoms with E-state index in [2.05, 4.69) is 5.32 Å². The minimum absolute atomic E-state index is 0.0172. The van der Waals surface area contributed by atoms with Gasteiger partial charge in [-0.05, 0) is 43.0 Å². The van der Waals surface area contributed by atoms with Crippen LogP contribution >= 0.6 is 11.6 Å². The summed E-state index contributed by atoms with van der Waals surface area (Å²) in [6, 6.07) is 12.5. The second kappa shape index (κ2) is 12.4. The van der Waals surface area contributed by atoms with Crippen LogP contribution in [-0.2, 0) is 26.2 Å². The first-order valence-corrected chi connectivity index (χ1v) is 14.0. The molecule has 0 spiro atoms. The zero-order valence-corrected chi connectivity index (χ0v) is 22.1. The molecule has 2 aromatic carbocycles. The minimum atomic E-state index is -3.94. The normalized spacial score (nSPS) is 14.9. The summed E-state index contributed by atoms with van der Waals surface area (Å²) in [4.78, 5) is 40.4. The van der Waals surface area contributed by atoms with Crippen molar-refractivity contribution in [2.24, 2.45) is 0 Å². The maximum atomic E-state index is 13.4. The second-order valence-corrected chi connectivity index (χ2v) is 10.9. The van der Waals surface area contributed by atoms with Crippen LogP contribution in [0.1, 0.15) is 61.9 Å². The Hall–Kier alpha value is -2.91. The summed E-state index contributed by atoms with van der Waals surface area (Å²) in [5, 5.41) is 3.39. The van der Waals surface area contributed by atoms with E-state index in [1.54, 1.807) is 30.3 Å². The Morgan fingerprint density at radius 1 is 1.06 bits per heavy atom. The lowest BCUT2D eigenvalue weighted by atomic mass is 10.1. The van der Waals surface area contributed by atoms with Gasteiger partial charge in [-0.2, -0.15) is 0 Å². The summed E-state index contributed by atoms with van der Waals surface area (Å²) in [5.41, 5.74) is 0.846. The van der Waals surface area contributed by atoms with E-state index in [1.807, 2.05) is 19.9 Å². The van der Waals surface area contributed by atoms with Crippen LogP contribution in [0, 0.1) is 0 Å². The number of hydrogen-bond acceptors (Lipinski definition) is 5. The van der Waals surface area contributed by atoms with E-state index in [4.69, 9.17) is 11.6 Å². The van der Waals surface area contributed by atoms with Crippen LogP contribution in [0.2, 0.25) is 5.02 Å². The topological polar surface area (TPSA) is 104 Å². The molecule has 1 aliphatic rings. The van der Waals surface area contributed by atoms with Crippen molar-refractivity contribution < 1.29 is 22.8 Å². The van der Waals surface area contributed by atoms with Crippen LogP contribution < -0.4 is 5.32 Å². The smallest absolute Gasteiger partial charge is 0.269 e. The fraction of sp³-hybridized carbons (Fsp3) is 0.423. The maximum absolute atomic E-state index is 13.4. The van der Waals surface area contributed by atoms with Crippen LogP contribution in [-0.4, -0.2) is 54.5 Å². The summed E-state index contributed by atoms with van der Waals surface area (Å²) in [7, 11) is -3.94. The van der Waals surface area contributed by atoms with Crippen LogP contribution in [0.4, 0.5) is 0 Å². The Balaban J connectivity index is 1.74. The Morgan fingerprint density at radius 2 is 1.75 bits per heavy atom. The van der Waals surface area contributed by atoms with E-state index in [1.165, 1.54) is 17.0 Å². The van der Waals surface area contributed by atoms with Gasteiger partial charge in [0, 0.05) is 31.1 Å². The lowest BCUT2D eigenvalue weighted by Crippen LogP contribution is -2.49. The fourth-order valence-corrected chi connectivity index (χ4v) is 6.01. The van der Waals surface area contributed by atoms with Gasteiger partial charge >= 0.3 is 0 Å². The number of amides is 3. The Bertz CT molecular complexity index is 1220. The van der Waals surface area contributed by atoms with E-state index in [9.17, 15) is 22.8 Å². The molecule has 36 heavy (non-hydrogen) atoms. The predicted molar refractivity (Wildman–Crippen MR) is 138 cm³/mol. The van der Waals surface area contributed by atoms with Crippen LogP contribution in [0.5, 0.6) is 0 Å². The molecule has 194 valence electrons. The number of hydrogen-bond donors (Lipinski definition) is 1. The van der Waals surface area contributed by atoms with Crippen molar-refractivity contribution in [1.29, 1.82) is 0 Å². The molecular weight excluding hydrogens is 502 g/mol. The fourth-order valence-electron chi connectivity index (χ4n) is 4.21. The van der Waals surface area contributed by atoms with Gasteiger partial charge in [0.2, 0.25) is 11.8 Å². The molecule has 0 radical (unpaired) electrons. The van der Waals surface area contributed by atoms with Crippen molar-refractivity contribution in [1.82, 2.24) is 14.5 Å². The highest BCUT2D eigenvalue weighted by Crippen LogP contribution is 2.30. The van der Waals surface area contributed by atoms with Gasteiger partial charge in [0.15, 0.2) is 0 Å². The van der Waals surface area contributed by atoms with Crippen molar-refractivity contribution in [3.63, 3.8) is 0 Å². The van der Waals surface area contributed by atoms with E-state index in [0.29, 0.717) is 23.6 Å². The van der Waals surface area contributed by atoms with E-state index in [0.717, 1.165) is 17.1 Å². The van der Waals surface area contributed by atoms with Gasteiger partial charge in [-0.3, -0.25) is 14.4 Å². The SMILES string of the molecule is CCCCNC(=O)[C@H](CC)N(Cc1ccccc1Cl)C(=O)CCCN1C(=O)c2ccccc2S1(=O)=O. The van der Waals surface area contributed by atoms with Gasteiger partial charge in [-0.1, -0.05) is 62.2 Å². The number of fused-ring (bicyclic) bond motifs is 1. The third-order valence-electron chi connectivity index (χ3n) is 6.18. The van der Waals surface area contributed by atoms with Crippen LogP contribution in [0.15, 0.2) is 53.4 Å².